The van der Waals surface area contributed by atoms with Gasteiger partial charge in [0.15, 0.2) is 0 Å². The van der Waals surface area contributed by atoms with Crippen LogP contribution >= 0.6 is 0 Å². The Morgan fingerprint density at radius 2 is 1.96 bits per heavy atom. The zero-order valence-electron chi connectivity index (χ0n) is 14.9. The summed E-state index contributed by atoms with van der Waals surface area (Å²) in [7, 11) is 1.75. The van der Waals surface area contributed by atoms with Crippen molar-refractivity contribution in [2.75, 3.05) is 38.1 Å². The minimum absolute atomic E-state index is 0.0102. The molecule has 0 aliphatic carbocycles. The Balaban J connectivity index is 1.94. The molecule has 1 atom stereocenters. The van der Waals surface area contributed by atoms with E-state index in [1.807, 2.05) is 37.3 Å². The molecule has 1 aromatic rings. The molecule has 0 saturated carbocycles. The lowest BCUT2D eigenvalue weighted by molar-refractivity contribution is -0.137. The summed E-state index contributed by atoms with van der Waals surface area (Å²) >= 11 is 0. The summed E-state index contributed by atoms with van der Waals surface area (Å²) in [6.45, 7) is 6.68. The monoisotopic (exact) mass is 343 g/mol. The minimum atomic E-state index is -0.258. The molecule has 0 radical (unpaired) electrons. The highest BCUT2D eigenvalue weighted by Crippen LogP contribution is 2.22. The maximum absolute atomic E-state index is 12.7. The summed E-state index contributed by atoms with van der Waals surface area (Å²) in [6, 6.07) is 9.45. The van der Waals surface area contributed by atoms with E-state index < -0.39 is 0 Å². The van der Waals surface area contributed by atoms with E-state index in [0.717, 1.165) is 5.69 Å². The van der Waals surface area contributed by atoms with Gasteiger partial charge in [0.1, 0.15) is 0 Å². The molecule has 1 aromatic carbocycles. The zero-order chi connectivity index (χ0) is 18.4. The number of anilines is 1. The largest absolute Gasteiger partial charge is 0.340 e. The summed E-state index contributed by atoms with van der Waals surface area (Å²) in [5.74, 6) is -0.587. The number of nitrogens with zero attached hydrogens (tertiary/aromatic N) is 3. The highest BCUT2D eigenvalue weighted by atomic mass is 16.2. The van der Waals surface area contributed by atoms with Crippen LogP contribution in [0.25, 0.3) is 0 Å². The summed E-state index contributed by atoms with van der Waals surface area (Å²) in [4.78, 5) is 41.5. The van der Waals surface area contributed by atoms with Crippen LogP contribution in [0.5, 0.6) is 0 Å². The van der Waals surface area contributed by atoms with Gasteiger partial charge in [0.2, 0.25) is 17.7 Å². The second-order valence-corrected chi connectivity index (χ2v) is 6.11. The van der Waals surface area contributed by atoms with E-state index in [0.29, 0.717) is 26.1 Å². The quantitative estimate of drug-likeness (QED) is 0.736. The van der Waals surface area contributed by atoms with Crippen LogP contribution in [0.15, 0.2) is 43.0 Å². The Morgan fingerprint density at radius 1 is 1.28 bits per heavy atom. The van der Waals surface area contributed by atoms with Gasteiger partial charge in [0, 0.05) is 32.4 Å². The highest BCUT2D eigenvalue weighted by molar-refractivity contribution is 5.95. The molecule has 1 heterocycles. The number of para-hydroxylation sites is 1. The molecule has 0 spiro atoms. The van der Waals surface area contributed by atoms with Crippen molar-refractivity contribution in [2.45, 2.75) is 13.3 Å². The summed E-state index contributed by atoms with van der Waals surface area (Å²) in [6.07, 6.45) is 1.85. The summed E-state index contributed by atoms with van der Waals surface area (Å²) < 4.78 is 0. The molecule has 1 fully saturated rings. The third-order valence-corrected chi connectivity index (χ3v) is 4.56. The van der Waals surface area contributed by atoms with Crippen LogP contribution in [0, 0.1) is 5.92 Å². The summed E-state index contributed by atoms with van der Waals surface area (Å²) in [5, 5.41) is 0. The van der Waals surface area contributed by atoms with Gasteiger partial charge in [0.05, 0.1) is 12.5 Å². The van der Waals surface area contributed by atoms with Crippen LogP contribution in [0.3, 0.4) is 0 Å². The molecule has 1 aliphatic rings. The van der Waals surface area contributed by atoms with Gasteiger partial charge in [-0.25, -0.2) is 0 Å². The fourth-order valence-electron chi connectivity index (χ4n) is 2.98. The number of likely N-dealkylation sites (tertiary alicyclic amines) is 1. The molecule has 0 aromatic heterocycles. The molecule has 3 amide bonds. The number of likely N-dealkylation sites (N-methyl/N-ethyl adjacent to an activating group) is 1. The van der Waals surface area contributed by atoms with Crippen molar-refractivity contribution in [3.05, 3.63) is 43.0 Å². The van der Waals surface area contributed by atoms with Crippen molar-refractivity contribution >= 4 is 23.4 Å². The van der Waals surface area contributed by atoms with Gasteiger partial charge in [-0.1, -0.05) is 24.8 Å². The molecular weight excluding hydrogens is 318 g/mol. The van der Waals surface area contributed by atoms with Crippen LogP contribution in [-0.2, 0) is 14.4 Å². The standard InChI is InChI=1S/C19H25N3O3/c1-4-17(23)21(5-2)14-18(24)22-12-11-15(13-22)19(25)20(3)16-9-7-6-8-10-16/h4,6-10,15H,1,5,11-14H2,2-3H3. The molecule has 1 saturated heterocycles. The predicted molar refractivity (Wildman–Crippen MR) is 97.0 cm³/mol. The van der Waals surface area contributed by atoms with Crippen molar-refractivity contribution in [1.29, 1.82) is 0 Å². The molecule has 134 valence electrons. The average molecular weight is 343 g/mol. The second kappa shape index (κ2) is 8.46. The fraction of sp³-hybridized carbons (Fsp3) is 0.421. The van der Waals surface area contributed by atoms with E-state index in [-0.39, 0.29) is 30.2 Å². The third kappa shape index (κ3) is 4.47. The molecule has 2 rings (SSSR count). The van der Waals surface area contributed by atoms with Crippen LogP contribution in [0.4, 0.5) is 5.69 Å². The molecule has 6 heteroatoms. The van der Waals surface area contributed by atoms with Gasteiger partial charge >= 0.3 is 0 Å². The van der Waals surface area contributed by atoms with Gasteiger partial charge in [-0.05, 0) is 31.6 Å². The number of hydrogen-bond donors (Lipinski definition) is 0. The van der Waals surface area contributed by atoms with Crippen molar-refractivity contribution in [1.82, 2.24) is 9.80 Å². The van der Waals surface area contributed by atoms with Crippen molar-refractivity contribution in [3.8, 4) is 0 Å². The lowest BCUT2D eigenvalue weighted by atomic mass is 10.1. The topological polar surface area (TPSA) is 60.9 Å². The molecular formula is C19H25N3O3. The zero-order valence-corrected chi connectivity index (χ0v) is 14.9. The van der Waals surface area contributed by atoms with E-state index >= 15 is 0 Å². The first-order valence-corrected chi connectivity index (χ1v) is 8.49. The average Bonchev–Trinajstić information content (AvgIpc) is 3.15. The van der Waals surface area contributed by atoms with Crippen LogP contribution in [-0.4, -0.2) is 60.7 Å². The van der Waals surface area contributed by atoms with Gasteiger partial charge < -0.3 is 14.7 Å². The molecule has 0 bridgehead atoms. The lowest BCUT2D eigenvalue weighted by Crippen LogP contribution is -2.42. The maximum atomic E-state index is 12.7. The normalized spacial score (nSPS) is 16.4. The van der Waals surface area contributed by atoms with E-state index in [1.54, 1.807) is 16.8 Å². The summed E-state index contributed by atoms with van der Waals surface area (Å²) in [5.41, 5.74) is 0.839. The third-order valence-electron chi connectivity index (χ3n) is 4.56. The van der Waals surface area contributed by atoms with Gasteiger partial charge in [0.25, 0.3) is 0 Å². The van der Waals surface area contributed by atoms with Crippen LogP contribution < -0.4 is 4.90 Å². The number of benzene rings is 1. The van der Waals surface area contributed by atoms with Gasteiger partial charge in [-0.2, -0.15) is 0 Å². The van der Waals surface area contributed by atoms with Crippen molar-refractivity contribution in [2.24, 2.45) is 5.92 Å². The first-order chi connectivity index (χ1) is 12.0. The SMILES string of the molecule is C=CC(=O)N(CC)CC(=O)N1CCC(C(=O)N(C)c2ccccc2)C1. The molecule has 1 aliphatic heterocycles. The van der Waals surface area contributed by atoms with E-state index in [4.69, 9.17) is 0 Å². The molecule has 1 unspecified atom stereocenters. The second-order valence-electron chi connectivity index (χ2n) is 6.11. The maximum Gasteiger partial charge on any atom is 0.246 e. The Bertz CT molecular complexity index is 645. The van der Waals surface area contributed by atoms with E-state index in [2.05, 4.69) is 6.58 Å². The van der Waals surface area contributed by atoms with Gasteiger partial charge in [-0.15, -0.1) is 0 Å². The highest BCUT2D eigenvalue weighted by Gasteiger charge is 2.33. The smallest absolute Gasteiger partial charge is 0.246 e. The Kier molecular flexibility index (Phi) is 6.33. The Morgan fingerprint density at radius 3 is 2.56 bits per heavy atom. The number of amides is 3. The number of carbonyl (C=O) groups excluding carboxylic acids is 3. The molecule has 25 heavy (non-hydrogen) atoms. The van der Waals surface area contributed by atoms with Crippen molar-refractivity contribution < 1.29 is 14.4 Å². The Labute approximate surface area is 148 Å². The first kappa shape index (κ1) is 18.7. The fourth-order valence-corrected chi connectivity index (χ4v) is 2.98. The minimum Gasteiger partial charge on any atom is -0.340 e. The first-order valence-electron chi connectivity index (χ1n) is 8.49. The van der Waals surface area contributed by atoms with Crippen molar-refractivity contribution in [3.63, 3.8) is 0 Å². The predicted octanol–water partition coefficient (Wildman–Crippen LogP) is 1.53. The van der Waals surface area contributed by atoms with Crippen LogP contribution in [0.1, 0.15) is 13.3 Å². The van der Waals surface area contributed by atoms with Crippen LogP contribution in [0.2, 0.25) is 0 Å². The van der Waals surface area contributed by atoms with Gasteiger partial charge in [-0.3, -0.25) is 14.4 Å². The number of carbonyl (C=O) groups is 3. The van der Waals surface area contributed by atoms with E-state index in [9.17, 15) is 14.4 Å². The number of rotatable bonds is 6. The molecule has 0 N–H and O–H groups in total. The Hall–Kier alpha value is -2.63. The lowest BCUT2D eigenvalue weighted by Gasteiger charge is -2.24. The number of hydrogen-bond acceptors (Lipinski definition) is 3. The molecule has 6 nitrogen and oxygen atoms in total. The van der Waals surface area contributed by atoms with E-state index in [1.165, 1.54) is 11.0 Å².